The van der Waals surface area contributed by atoms with Gasteiger partial charge < -0.3 is 4.90 Å². The van der Waals surface area contributed by atoms with E-state index >= 15 is 0 Å². The molecule has 0 N–H and O–H groups in total. The molecule has 1 fully saturated rings. The minimum atomic E-state index is -3.44. The lowest BCUT2D eigenvalue weighted by molar-refractivity contribution is 0.386. The van der Waals surface area contributed by atoms with Gasteiger partial charge in [0.1, 0.15) is 5.82 Å². The summed E-state index contributed by atoms with van der Waals surface area (Å²) < 4.78 is 40.7. The van der Waals surface area contributed by atoms with Gasteiger partial charge in [-0.3, -0.25) is 0 Å². The average molecular weight is 353 g/mol. The summed E-state index contributed by atoms with van der Waals surface area (Å²) in [5, 5.41) is 8.84. The maximum Gasteiger partial charge on any atom is 0.214 e. The standard InChI is InChI=1S/C17H24FN3O2S/c1-17(2,8-9-19)14-24(22,23)21-11-5-10-20(12-13-21)16-7-4-3-6-15(16)18/h3-4,6-7H,5,8,10-14H2,1-2H3. The SMILES string of the molecule is CC(C)(CC#N)CS(=O)(=O)N1CCCN(c2ccccc2F)CC1. The summed E-state index contributed by atoms with van der Waals surface area (Å²) >= 11 is 0. The van der Waals surface area contributed by atoms with E-state index in [1.54, 1.807) is 32.0 Å². The number of halogens is 1. The highest BCUT2D eigenvalue weighted by Gasteiger charge is 2.32. The molecule has 0 bridgehead atoms. The van der Waals surface area contributed by atoms with Crippen molar-refractivity contribution in [2.45, 2.75) is 26.7 Å². The molecule has 1 aliphatic heterocycles. The Hall–Kier alpha value is -1.65. The van der Waals surface area contributed by atoms with Crippen molar-refractivity contribution in [2.24, 2.45) is 5.41 Å². The minimum Gasteiger partial charge on any atom is -0.368 e. The highest BCUT2D eigenvalue weighted by molar-refractivity contribution is 7.89. The Bertz CT molecular complexity index is 713. The third-order valence-corrected chi connectivity index (χ3v) is 6.47. The van der Waals surface area contributed by atoms with Crippen LogP contribution in [0.1, 0.15) is 26.7 Å². The molecule has 7 heteroatoms. The molecular weight excluding hydrogens is 329 g/mol. The zero-order valence-corrected chi connectivity index (χ0v) is 15.0. The lowest BCUT2D eigenvalue weighted by Crippen LogP contribution is -2.40. The predicted octanol–water partition coefficient (Wildman–Crippen LogP) is 2.61. The zero-order valence-electron chi connectivity index (χ0n) is 14.2. The van der Waals surface area contributed by atoms with Gasteiger partial charge in [0.05, 0.1) is 17.5 Å². The molecule has 1 aromatic rings. The highest BCUT2D eigenvalue weighted by atomic mass is 32.2. The first-order valence-electron chi connectivity index (χ1n) is 8.09. The van der Waals surface area contributed by atoms with Gasteiger partial charge in [-0.1, -0.05) is 26.0 Å². The molecule has 2 rings (SSSR count). The van der Waals surface area contributed by atoms with Crippen LogP contribution in [0.15, 0.2) is 24.3 Å². The van der Waals surface area contributed by atoms with Gasteiger partial charge in [-0.2, -0.15) is 5.26 Å². The van der Waals surface area contributed by atoms with Gasteiger partial charge in [0, 0.05) is 32.6 Å². The van der Waals surface area contributed by atoms with Crippen molar-refractivity contribution < 1.29 is 12.8 Å². The van der Waals surface area contributed by atoms with E-state index in [4.69, 9.17) is 5.26 Å². The van der Waals surface area contributed by atoms with Crippen molar-refractivity contribution in [3.8, 4) is 6.07 Å². The van der Waals surface area contributed by atoms with Crippen molar-refractivity contribution in [3.05, 3.63) is 30.1 Å². The Labute approximate surface area is 143 Å². The zero-order chi connectivity index (χ0) is 17.8. The van der Waals surface area contributed by atoms with Crippen LogP contribution in [0.25, 0.3) is 0 Å². The first-order chi connectivity index (χ1) is 11.2. The number of sulfonamides is 1. The predicted molar refractivity (Wildman–Crippen MR) is 92.6 cm³/mol. The van der Waals surface area contributed by atoms with Gasteiger partial charge in [-0.25, -0.2) is 17.1 Å². The van der Waals surface area contributed by atoms with Crippen LogP contribution in [-0.4, -0.2) is 44.7 Å². The number of nitrogens with zero attached hydrogens (tertiary/aromatic N) is 3. The topological polar surface area (TPSA) is 64.4 Å². The van der Waals surface area contributed by atoms with E-state index in [2.05, 4.69) is 0 Å². The molecule has 5 nitrogen and oxygen atoms in total. The number of nitriles is 1. The van der Waals surface area contributed by atoms with E-state index in [-0.39, 0.29) is 18.0 Å². The summed E-state index contributed by atoms with van der Waals surface area (Å²) in [7, 11) is -3.44. The Morgan fingerprint density at radius 2 is 1.92 bits per heavy atom. The maximum absolute atomic E-state index is 13.9. The largest absolute Gasteiger partial charge is 0.368 e. The summed E-state index contributed by atoms with van der Waals surface area (Å²) in [6, 6.07) is 8.60. The molecule has 1 heterocycles. The summed E-state index contributed by atoms with van der Waals surface area (Å²) in [4.78, 5) is 1.89. The molecule has 0 spiro atoms. The van der Waals surface area contributed by atoms with Crippen LogP contribution in [0.3, 0.4) is 0 Å². The van der Waals surface area contributed by atoms with Crippen LogP contribution >= 0.6 is 0 Å². The van der Waals surface area contributed by atoms with Crippen molar-refractivity contribution >= 4 is 15.7 Å². The van der Waals surface area contributed by atoms with Crippen LogP contribution in [0.4, 0.5) is 10.1 Å². The van der Waals surface area contributed by atoms with Crippen LogP contribution in [0.5, 0.6) is 0 Å². The first-order valence-corrected chi connectivity index (χ1v) is 9.70. The van der Waals surface area contributed by atoms with Gasteiger partial charge in [0.15, 0.2) is 0 Å². The molecule has 0 amide bonds. The normalized spacial score (nSPS) is 17.3. The van der Waals surface area contributed by atoms with Crippen LogP contribution < -0.4 is 4.90 Å². The van der Waals surface area contributed by atoms with E-state index in [0.717, 1.165) is 0 Å². The van der Waals surface area contributed by atoms with E-state index in [1.165, 1.54) is 10.4 Å². The highest BCUT2D eigenvalue weighted by Crippen LogP contribution is 2.25. The third-order valence-electron chi connectivity index (χ3n) is 4.17. The van der Waals surface area contributed by atoms with E-state index in [1.807, 2.05) is 11.0 Å². The van der Waals surface area contributed by atoms with Crippen molar-refractivity contribution in [1.82, 2.24) is 4.31 Å². The molecule has 132 valence electrons. The summed E-state index contributed by atoms with van der Waals surface area (Å²) in [5.74, 6) is -0.336. The molecule has 0 radical (unpaired) electrons. The van der Waals surface area contributed by atoms with E-state index < -0.39 is 15.4 Å². The molecule has 0 unspecified atom stereocenters. The molecule has 0 aliphatic carbocycles. The average Bonchev–Trinajstić information content (AvgIpc) is 2.73. The number of para-hydroxylation sites is 1. The summed E-state index contributed by atoms with van der Waals surface area (Å²) in [5.41, 5.74) is -0.0629. The molecule has 0 saturated carbocycles. The quantitative estimate of drug-likeness (QED) is 0.816. The molecule has 1 aromatic carbocycles. The lowest BCUT2D eigenvalue weighted by atomic mass is 9.93. The molecular formula is C17H24FN3O2S. The van der Waals surface area contributed by atoms with Gasteiger partial charge in [0.2, 0.25) is 10.0 Å². The van der Waals surface area contributed by atoms with Crippen molar-refractivity contribution in [2.75, 3.05) is 36.8 Å². The van der Waals surface area contributed by atoms with Crippen LogP contribution in [0, 0.1) is 22.6 Å². The van der Waals surface area contributed by atoms with Gasteiger partial charge >= 0.3 is 0 Å². The Morgan fingerprint density at radius 1 is 1.21 bits per heavy atom. The number of hydrogen-bond acceptors (Lipinski definition) is 4. The number of rotatable bonds is 5. The van der Waals surface area contributed by atoms with Crippen LogP contribution in [0.2, 0.25) is 0 Å². The van der Waals surface area contributed by atoms with Crippen LogP contribution in [-0.2, 0) is 10.0 Å². The monoisotopic (exact) mass is 353 g/mol. The van der Waals surface area contributed by atoms with E-state index in [9.17, 15) is 12.8 Å². The molecule has 24 heavy (non-hydrogen) atoms. The second-order valence-corrected chi connectivity index (χ2v) is 8.92. The minimum absolute atomic E-state index is 0.0484. The fraction of sp³-hybridized carbons (Fsp3) is 0.588. The van der Waals surface area contributed by atoms with Gasteiger partial charge in [-0.15, -0.1) is 0 Å². The lowest BCUT2D eigenvalue weighted by Gasteiger charge is -2.27. The molecule has 1 aliphatic rings. The Kier molecular flexibility index (Phi) is 5.83. The smallest absolute Gasteiger partial charge is 0.214 e. The second kappa shape index (κ2) is 7.49. The molecule has 0 atom stereocenters. The van der Waals surface area contributed by atoms with E-state index in [0.29, 0.717) is 38.3 Å². The fourth-order valence-corrected chi connectivity index (χ4v) is 5.01. The van der Waals surface area contributed by atoms with Gasteiger partial charge in [0.25, 0.3) is 0 Å². The van der Waals surface area contributed by atoms with Crippen molar-refractivity contribution in [3.63, 3.8) is 0 Å². The Balaban J connectivity index is 2.08. The fourth-order valence-electron chi connectivity index (χ4n) is 2.97. The Morgan fingerprint density at radius 3 is 2.58 bits per heavy atom. The maximum atomic E-state index is 13.9. The molecule has 0 aromatic heterocycles. The number of hydrogen-bond donors (Lipinski definition) is 0. The number of anilines is 1. The summed E-state index contributed by atoms with van der Waals surface area (Å²) in [6.45, 7) is 5.41. The first kappa shape index (κ1) is 18.7. The second-order valence-electron chi connectivity index (χ2n) is 6.95. The molecule has 1 saturated heterocycles. The third kappa shape index (κ3) is 4.68. The summed E-state index contributed by atoms with van der Waals surface area (Å²) in [6.07, 6.45) is 0.841. The number of benzene rings is 1. The van der Waals surface area contributed by atoms with Crippen molar-refractivity contribution in [1.29, 1.82) is 5.26 Å². The van der Waals surface area contributed by atoms with Gasteiger partial charge in [-0.05, 0) is 24.0 Å².